The van der Waals surface area contributed by atoms with Crippen LogP contribution in [0.25, 0.3) is 0 Å². The van der Waals surface area contributed by atoms with E-state index in [0.717, 1.165) is 13.0 Å². The second-order valence-electron chi connectivity index (χ2n) is 7.19. The Hall–Kier alpha value is -0.970. The summed E-state index contributed by atoms with van der Waals surface area (Å²) in [5, 5.41) is 0. The van der Waals surface area contributed by atoms with Crippen LogP contribution in [0.2, 0.25) is 0 Å². The van der Waals surface area contributed by atoms with Gasteiger partial charge >= 0.3 is 0 Å². The molecule has 2 fully saturated rings. The van der Waals surface area contributed by atoms with Gasteiger partial charge in [-0.3, -0.25) is 9.88 Å². The minimum Gasteiger partial charge on any atom is -0.306 e. The summed E-state index contributed by atoms with van der Waals surface area (Å²) in [5.74, 6) is 0. The number of nitrogens with zero attached hydrogens (tertiary/aromatic N) is 4. The molecule has 0 unspecified atom stereocenters. The lowest BCUT2D eigenvalue weighted by Gasteiger charge is -2.47. The van der Waals surface area contributed by atoms with Gasteiger partial charge < -0.3 is 9.80 Å². The number of rotatable bonds is 3. The molecule has 0 radical (unpaired) electrons. The predicted molar refractivity (Wildman–Crippen MR) is 91.1 cm³/mol. The number of hydrogen-bond acceptors (Lipinski definition) is 4. The van der Waals surface area contributed by atoms with E-state index in [-0.39, 0.29) is 0 Å². The molecule has 4 heteroatoms. The molecule has 0 saturated carbocycles. The maximum absolute atomic E-state index is 4.24. The SMILES string of the molecule is CN1CCC2(CC1)CN(CCc1cccnc1)CCCN2C. The van der Waals surface area contributed by atoms with Gasteiger partial charge in [-0.05, 0) is 77.6 Å². The molecular formula is C18H30N4. The van der Waals surface area contributed by atoms with E-state index in [1.54, 1.807) is 0 Å². The van der Waals surface area contributed by atoms with Gasteiger partial charge in [-0.1, -0.05) is 6.07 Å². The number of piperidine rings is 1. The predicted octanol–water partition coefficient (Wildman–Crippen LogP) is 1.73. The van der Waals surface area contributed by atoms with Gasteiger partial charge in [0.25, 0.3) is 0 Å². The quantitative estimate of drug-likeness (QED) is 0.848. The van der Waals surface area contributed by atoms with Crippen molar-refractivity contribution < 1.29 is 0 Å². The molecule has 0 bridgehead atoms. The smallest absolute Gasteiger partial charge is 0.0357 e. The van der Waals surface area contributed by atoms with Gasteiger partial charge in [-0.15, -0.1) is 0 Å². The molecule has 22 heavy (non-hydrogen) atoms. The van der Waals surface area contributed by atoms with Crippen molar-refractivity contribution in [1.82, 2.24) is 19.7 Å². The molecule has 0 amide bonds. The van der Waals surface area contributed by atoms with E-state index >= 15 is 0 Å². The molecule has 2 aliphatic heterocycles. The third kappa shape index (κ3) is 3.67. The lowest BCUT2D eigenvalue weighted by molar-refractivity contribution is 0.0354. The van der Waals surface area contributed by atoms with Crippen molar-refractivity contribution in [3.8, 4) is 0 Å². The fourth-order valence-electron chi connectivity index (χ4n) is 3.98. The number of aromatic nitrogens is 1. The zero-order valence-electron chi connectivity index (χ0n) is 14.2. The molecular weight excluding hydrogens is 272 g/mol. The summed E-state index contributed by atoms with van der Waals surface area (Å²) >= 11 is 0. The Morgan fingerprint density at radius 2 is 1.95 bits per heavy atom. The summed E-state index contributed by atoms with van der Waals surface area (Å²) in [7, 11) is 4.60. The van der Waals surface area contributed by atoms with Gasteiger partial charge in [0.05, 0.1) is 0 Å². The number of pyridine rings is 1. The Labute approximate surface area is 135 Å². The van der Waals surface area contributed by atoms with E-state index in [0.29, 0.717) is 5.54 Å². The molecule has 0 aromatic carbocycles. The fourth-order valence-corrected chi connectivity index (χ4v) is 3.98. The Kier molecular flexibility index (Phi) is 5.11. The molecule has 0 aliphatic carbocycles. The third-order valence-corrected chi connectivity index (χ3v) is 5.65. The van der Waals surface area contributed by atoms with E-state index in [2.05, 4.69) is 39.8 Å². The Morgan fingerprint density at radius 3 is 2.68 bits per heavy atom. The lowest BCUT2D eigenvalue weighted by atomic mass is 9.85. The molecule has 3 heterocycles. The van der Waals surface area contributed by atoms with E-state index in [4.69, 9.17) is 0 Å². The second kappa shape index (κ2) is 7.07. The normalized spacial score (nSPS) is 24.5. The minimum absolute atomic E-state index is 0.401. The van der Waals surface area contributed by atoms with Crippen molar-refractivity contribution in [2.24, 2.45) is 0 Å². The second-order valence-corrected chi connectivity index (χ2v) is 7.19. The van der Waals surface area contributed by atoms with Gasteiger partial charge in [0.2, 0.25) is 0 Å². The number of likely N-dealkylation sites (N-methyl/N-ethyl adjacent to an activating group) is 1. The summed E-state index contributed by atoms with van der Waals surface area (Å²) in [6.07, 6.45) is 8.90. The van der Waals surface area contributed by atoms with Crippen LogP contribution in [0.4, 0.5) is 0 Å². The Morgan fingerprint density at radius 1 is 1.14 bits per heavy atom. The van der Waals surface area contributed by atoms with Crippen LogP contribution in [0.1, 0.15) is 24.8 Å². The zero-order valence-corrected chi connectivity index (χ0v) is 14.2. The van der Waals surface area contributed by atoms with Gasteiger partial charge in [-0.2, -0.15) is 0 Å². The first kappa shape index (κ1) is 15.9. The van der Waals surface area contributed by atoms with Crippen molar-refractivity contribution in [1.29, 1.82) is 0 Å². The standard InChI is InChI=1S/C18H30N4/c1-20-13-7-18(8-14-20)16-22(11-4-10-21(18)2)12-6-17-5-3-9-19-15-17/h3,5,9,15H,4,6-8,10-14,16H2,1-2H3. The maximum Gasteiger partial charge on any atom is 0.0357 e. The fraction of sp³-hybridized carbons (Fsp3) is 0.722. The molecule has 2 aliphatic rings. The third-order valence-electron chi connectivity index (χ3n) is 5.65. The first-order valence-corrected chi connectivity index (χ1v) is 8.69. The highest BCUT2D eigenvalue weighted by molar-refractivity contribution is 5.09. The summed E-state index contributed by atoms with van der Waals surface area (Å²) in [5.41, 5.74) is 1.76. The van der Waals surface area contributed by atoms with Crippen LogP contribution in [0.15, 0.2) is 24.5 Å². The molecule has 0 atom stereocenters. The summed E-state index contributed by atoms with van der Waals surface area (Å²) in [4.78, 5) is 12.1. The number of likely N-dealkylation sites (tertiary alicyclic amines) is 1. The molecule has 1 aromatic rings. The van der Waals surface area contributed by atoms with Crippen molar-refractivity contribution in [3.63, 3.8) is 0 Å². The van der Waals surface area contributed by atoms with Crippen molar-refractivity contribution in [2.75, 3.05) is 53.4 Å². The van der Waals surface area contributed by atoms with Crippen LogP contribution in [0.5, 0.6) is 0 Å². The molecule has 1 aromatic heterocycles. The molecule has 4 nitrogen and oxygen atoms in total. The molecule has 2 saturated heterocycles. The van der Waals surface area contributed by atoms with Crippen LogP contribution < -0.4 is 0 Å². The van der Waals surface area contributed by atoms with Crippen LogP contribution in [-0.4, -0.2) is 78.6 Å². The highest BCUT2D eigenvalue weighted by atomic mass is 15.3. The van der Waals surface area contributed by atoms with Crippen LogP contribution >= 0.6 is 0 Å². The molecule has 122 valence electrons. The minimum atomic E-state index is 0.401. The Bertz CT molecular complexity index is 453. The van der Waals surface area contributed by atoms with Crippen molar-refractivity contribution >= 4 is 0 Å². The highest BCUT2D eigenvalue weighted by Crippen LogP contribution is 2.30. The zero-order chi connectivity index (χ0) is 15.4. The molecule has 0 N–H and O–H groups in total. The lowest BCUT2D eigenvalue weighted by Crippen LogP contribution is -2.57. The topological polar surface area (TPSA) is 22.6 Å². The summed E-state index contributed by atoms with van der Waals surface area (Å²) in [6.45, 7) is 7.35. The van der Waals surface area contributed by atoms with Gasteiger partial charge in [0, 0.05) is 31.0 Å². The van der Waals surface area contributed by atoms with E-state index < -0.39 is 0 Å². The van der Waals surface area contributed by atoms with Crippen molar-refractivity contribution in [3.05, 3.63) is 30.1 Å². The largest absolute Gasteiger partial charge is 0.306 e. The van der Waals surface area contributed by atoms with Gasteiger partial charge in [-0.25, -0.2) is 0 Å². The first-order chi connectivity index (χ1) is 10.7. The summed E-state index contributed by atoms with van der Waals surface area (Å²) in [6, 6.07) is 4.24. The van der Waals surface area contributed by atoms with Gasteiger partial charge in [0.1, 0.15) is 0 Å². The van der Waals surface area contributed by atoms with Crippen LogP contribution in [0, 0.1) is 0 Å². The van der Waals surface area contributed by atoms with Crippen LogP contribution in [-0.2, 0) is 6.42 Å². The summed E-state index contributed by atoms with van der Waals surface area (Å²) < 4.78 is 0. The monoisotopic (exact) mass is 302 g/mol. The Balaban J connectivity index is 1.62. The highest BCUT2D eigenvalue weighted by Gasteiger charge is 2.39. The van der Waals surface area contributed by atoms with E-state index in [9.17, 15) is 0 Å². The van der Waals surface area contributed by atoms with Crippen molar-refractivity contribution in [2.45, 2.75) is 31.2 Å². The van der Waals surface area contributed by atoms with E-state index in [1.165, 1.54) is 57.5 Å². The average Bonchev–Trinajstić information content (AvgIpc) is 2.69. The average molecular weight is 302 g/mol. The first-order valence-electron chi connectivity index (χ1n) is 8.69. The van der Waals surface area contributed by atoms with Gasteiger partial charge in [0.15, 0.2) is 0 Å². The molecule has 3 rings (SSSR count). The van der Waals surface area contributed by atoms with E-state index in [1.807, 2.05) is 18.5 Å². The number of hydrogen-bond donors (Lipinski definition) is 0. The molecule has 1 spiro atoms. The maximum atomic E-state index is 4.24. The van der Waals surface area contributed by atoms with Crippen LogP contribution in [0.3, 0.4) is 0 Å².